The third kappa shape index (κ3) is 1.83. The van der Waals surface area contributed by atoms with Crippen LogP contribution in [0.25, 0.3) is 0 Å². The first-order valence-electron chi connectivity index (χ1n) is 5.45. The van der Waals surface area contributed by atoms with Crippen LogP contribution in [0.15, 0.2) is 54.6 Å². The van der Waals surface area contributed by atoms with E-state index in [2.05, 4.69) is 5.32 Å². The molecule has 1 unspecified atom stereocenters. The lowest BCUT2D eigenvalue weighted by Gasteiger charge is -2.27. The predicted molar refractivity (Wildman–Crippen MR) is 69.2 cm³/mol. The summed E-state index contributed by atoms with van der Waals surface area (Å²) in [5, 5.41) is 3.92. The zero-order valence-electron chi connectivity index (χ0n) is 9.17. The molecule has 17 heavy (non-hydrogen) atoms. The van der Waals surface area contributed by atoms with Crippen molar-refractivity contribution in [2.24, 2.45) is 0 Å². The molecule has 0 saturated heterocycles. The molecule has 2 aromatic carbocycles. The summed E-state index contributed by atoms with van der Waals surface area (Å²) < 4.78 is 18.4. The molecule has 86 valence electrons. The van der Waals surface area contributed by atoms with Gasteiger partial charge in [0.05, 0.1) is 5.69 Å². The van der Waals surface area contributed by atoms with E-state index in [9.17, 15) is 4.57 Å². The molecule has 1 atom stereocenters. The molecule has 0 amide bonds. The molecule has 1 N–H and O–H groups in total. The van der Waals surface area contributed by atoms with Gasteiger partial charge < -0.3 is 9.84 Å². The van der Waals surface area contributed by atoms with Gasteiger partial charge in [0.25, 0.3) is 7.37 Å². The van der Waals surface area contributed by atoms with Crippen molar-refractivity contribution in [3.05, 3.63) is 54.6 Å². The standard InChI is InChI=1S/C13H12NO2P/c15-17(11-6-2-1-3-7-11)10-14-12-8-4-5-9-13(12)16-17/h1-9,14H,10H2. The van der Waals surface area contributed by atoms with Gasteiger partial charge in [0.1, 0.15) is 12.0 Å². The van der Waals surface area contributed by atoms with Crippen LogP contribution in [0.1, 0.15) is 0 Å². The molecule has 0 aromatic heterocycles. The fourth-order valence-electron chi connectivity index (χ4n) is 1.87. The Morgan fingerprint density at radius 3 is 2.53 bits per heavy atom. The van der Waals surface area contributed by atoms with E-state index in [0.29, 0.717) is 12.0 Å². The molecule has 1 aliphatic rings. The molecule has 0 saturated carbocycles. The fraction of sp³-hybridized carbons (Fsp3) is 0.0769. The molecule has 1 heterocycles. The number of rotatable bonds is 1. The average Bonchev–Trinajstić information content (AvgIpc) is 2.40. The summed E-state index contributed by atoms with van der Waals surface area (Å²) in [7, 11) is -2.81. The summed E-state index contributed by atoms with van der Waals surface area (Å²) in [5.41, 5.74) is 0.898. The second-order valence-electron chi connectivity index (χ2n) is 3.93. The summed E-state index contributed by atoms with van der Waals surface area (Å²) in [6.07, 6.45) is 0.341. The first-order valence-corrected chi connectivity index (χ1v) is 7.26. The van der Waals surface area contributed by atoms with Crippen molar-refractivity contribution in [1.82, 2.24) is 0 Å². The molecule has 0 radical (unpaired) electrons. The van der Waals surface area contributed by atoms with Crippen LogP contribution in [-0.4, -0.2) is 6.29 Å². The lowest BCUT2D eigenvalue weighted by atomic mass is 10.3. The lowest BCUT2D eigenvalue weighted by molar-refractivity contribution is 0.490. The summed E-state index contributed by atoms with van der Waals surface area (Å²) in [6.45, 7) is 0. The number of fused-ring (bicyclic) bond motifs is 1. The van der Waals surface area contributed by atoms with Crippen molar-refractivity contribution < 1.29 is 9.09 Å². The van der Waals surface area contributed by atoms with Crippen LogP contribution in [0.3, 0.4) is 0 Å². The third-order valence-electron chi connectivity index (χ3n) is 2.76. The number of anilines is 1. The van der Waals surface area contributed by atoms with Crippen LogP contribution >= 0.6 is 7.37 Å². The van der Waals surface area contributed by atoms with E-state index in [-0.39, 0.29) is 0 Å². The molecule has 0 spiro atoms. The maximum absolute atomic E-state index is 12.7. The summed E-state index contributed by atoms with van der Waals surface area (Å²) in [6, 6.07) is 16.9. The molecular formula is C13H12NO2P. The first-order chi connectivity index (χ1) is 8.28. The van der Waals surface area contributed by atoms with Gasteiger partial charge in [-0.25, -0.2) is 0 Å². The van der Waals surface area contributed by atoms with Crippen molar-refractivity contribution in [3.8, 4) is 5.75 Å². The molecular weight excluding hydrogens is 233 g/mol. The average molecular weight is 245 g/mol. The molecule has 0 fully saturated rings. The number of benzene rings is 2. The van der Waals surface area contributed by atoms with Gasteiger partial charge in [-0.3, -0.25) is 4.57 Å². The summed E-state index contributed by atoms with van der Waals surface area (Å²) >= 11 is 0. The monoisotopic (exact) mass is 245 g/mol. The van der Waals surface area contributed by atoms with Crippen molar-refractivity contribution >= 4 is 18.4 Å². The molecule has 0 bridgehead atoms. The van der Waals surface area contributed by atoms with Gasteiger partial charge in [0, 0.05) is 5.30 Å². The quantitative estimate of drug-likeness (QED) is 0.785. The van der Waals surface area contributed by atoms with Crippen LogP contribution in [0, 0.1) is 0 Å². The van der Waals surface area contributed by atoms with Crippen molar-refractivity contribution in [3.63, 3.8) is 0 Å². The molecule has 4 heteroatoms. The van der Waals surface area contributed by atoms with E-state index < -0.39 is 7.37 Å². The maximum Gasteiger partial charge on any atom is 0.295 e. The Hall–Kier alpha value is -1.73. The Morgan fingerprint density at radius 2 is 1.71 bits per heavy atom. The van der Waals surface area contributed by atoms with Crippen LogP contribution in [-0.2, 0) is 4.57 Å². The minimum atomic E-state index is -2.81. The number of para-hydroxylation sites is 2. The Kier molecular flexibility index (Phi) is 2.41. The Morgan fingerprint density at radius 1 is 1.00 bits per heavy atom. The highest BCUT2D eigenvalue weighted by Gasteiger charge is 2.31. The van der Waals surface area contributed by atoms with Crippen LogP contribution in [0.2, 0.25) is 0 Å². The smallest absolute Gasteiger partial charge is 0.295 e. The van der Waals surface area contributed by atoms with E-state index in [4.69, 9.17) is 4.52 Å². The Bertz CT molecular complexity index is 583. The van der Waals surface area contributed by atoms with Crippen LogP contribution in [0.4, 0.5) is 5.69 Å². The highest BCUT2D eigenvalue weighted by molar-refractivity contribution is 7.67. The summed E-state index contributed by atoms with van der Waals surface area (Å²) in [4.78, 5) is 0. The van der Waals surface area contributed by atoms with Crippen molar-refractivity contribution in [2.45, 2.75) is 0 Å². The minimum Gasteiger partial charge on any atom is -0.437 e. The second-order valence-corrected chi connectivity index (χ2v) is 6.29. The van der Waals surface area contributed by atoms with E-state index in [1.165, 1.54) is 0 Å². The predicted octanol–water partition coefficient (Wildman–Crippen LogP) is 3.05. The van der Waals surface area contributed by atoms with E-state index in [1.807, 2.05) is 54.6 Å². The van der Waals surface area contributed by atoms with Gasteiger partial charge in [-0.15, -0.1) is 0 Å². The van der Waals surface area contributed by atoms with E-state index in [0.717, 1.165) is 11.0 Å². The van der Waals surface area contributed by atoms with Gasteiger partial charge in [-0.05, 0) is 24.3 Å². The number of hydrogen-bond donors (Lipinski definition) is 1. The third-order valence-corrected chi connectivity index (χ3v) is 4.91. The van der Waals surface area contributed by atoms with Gasteiger partial charge >= 0.3 is 0 Å². The topological polar surface area (TPSA) is 38.3 Å². The molecule has 0 aliphatic carbocycles. The Balaban J connectivity index is 2.01. The zero-order chi connectivity index (χ0) is 11.7. The second kappa shape index (κ2) is 3.94. The molecule has 3 nitrogen and oxygen atoms in total. The SMILES string of the molecule is O=P1(c2ccccc2)CNc2ccccc2O1. The number of nitrogens with one attached hydrogen (secondary N) is 1. The minimum absolute atomic E-state index is 0.341. The van der Waals surface area contributed by atoms with Gasteiger partial charge in [0.15, 0.2) is 0 Å². The van der Waals surface area contributed by atoms with Crippen LogP contribution < -0.4 is 15.1 Å². The summed E-state index contributed by atoms with van der Waals surface area (Å²) in [5.74, 6) is 0.658. The highest BCUT2D eigenvalue weighted by Crippen LogP contribution is 2.51. The zero-order valence-corrected chi connectivity index (χ0v) is 10.1. The molecule has 3 rings (SSSR count). The lowest BCUT2D eigenvalue weighted by Crippen LogP contribution is -2.21. The van der Waals surface area contributed by atoms with Gasteiger partial charge in [-0.1, -0.05) is 30.3 Å². The van der Waals surface area contributed by atoms with Gasteiger partial charge in [-0.2, -0.15) is 0 Å². The highest BCUT2D eigenvalue weighted by atomic mass is 31.2. The molecule has 2 aromatic rings. The maximum atomic E-state index is 12.7. The first kappa shape index (κ1) is 10.4. The largest absolute Gasteiger partial charge is 0.437 e. The fourth-order valence-corrected chi connectivity index (χ4v) is 3.71. The van der Waals surface area contributed by atoms with Crippen molar-refractivity contribution in [2.75, 3.05) is 11.6 Å². The Labute approximate surface area is 99.9 Å². The van der Waals surface area contributed by atoms with E-state index in [1.54, 1.807) is 0 Å². The van der Waals surface area contributed by atoms with Crippen molar-refractivity contribution in [1.29, 1.82) is 0 Å². The van der Waals surface area contributed by atoms with E-state index >= 15 is 0 Å². The normalized spacial score (nSPS) is 22.1. The van der Waals surface area contributed by atoms with Crippen LogP contribution in [0.5, 0.6) is 5.75 Å². The molecule has 1 aliphatic heterocycles. The van der Waals surface area contributed by atoms with Gasteiger partial charge in [0.2, 0.25) is 0 Å². The number of hydrogen-bond acceptors (Lipinski definition) is 3.